The molecule has 107 heavy (non-hydrogen) atoms. The fraction of sp³-hybridized carbons (Fsp3) is 0.667. The van der Waals surface area contributed by atoms with Crippen molar-refractivity contribution in [2.75, 3.05) is 107 Å². The zero-order valence-electron chi connectivity index (χ0n) is 61.9. The van der Waals surface area contributed by atoms with Gasteiger partial charge < -0.3 is 104 Å². The van der Waals surface area contributed by atoms with Gasteiger partial charge in [0.15, 0.2) is 37.0 Å². The molecule has 38 heteroatoms. The number of nitrogens with one attached hydrogen (secondary N) is 8. The molecule has 0 saturated carbocycles. The van der Waals surface area contributed by atoms with Crippen LogP contribution in [0.25, 0.3) is 0 Å². The zero-order chi connectivity index (χ0) is 78.2. The average molecular weight is 1510 g/mol. The molecule has 0 bridgehead atoms. The van der Waals surface area contributed by atoms with Gasteiger partial charge in [-0.3, -0.25) is 67.1 Å². The third-order valence-electron chi connectivity index (χ3n) is 16.1. The molecule has 3 saturated heterocycles. The molecule has 3 fully saturated rings. The van der Waals surface area contributed by atoms with Gasteiger partial charge in [0.25, 0.3) is 0 Å². The monoisotopic (exact) mass is 1510 g/mol. The van der Waals surface area contributed by atoms with Crippen LogP contribution in [0, 0.1) is 0 Å². The molecule has 3 aliphatic heterocycles. The van der Waals surface area contributed by atoms with Crippen molar-refractivity contribution in [3.05, 3.63) is 35.9 Å². The summed E-state index contributed by atoms with van der Waals surface area (Å²) < 4.78 is 61.3. The summed E-state index contributed by atoms with van der Waals surface area (Å²) in [5.41, 5.74) is 0.860. The Morgan fingerprint density at radius 3 is 1.24 bits per heavy atom. The first-order valence-corrected chi connectivity index (χ1v) is 35.7. The van der Waals surface area contributed by atoms with Crippen LogP contribution >= 0.6 is 0 Å². The van der Waals surface area contributed by atoms with E-state index < -0.39 is 115 Å². The molecule has 5 rings (SSSR count). The number of amides is 7. The highest BCUT2D eigenvalue weighted by Crippen LogP contribution is 2.30. The van der Waals surface area contributed by atoms with Crippen LogP contribution in [-0.4, -0.2) is 256 Å². The van der Waals surface area contributed by atoms with Gasteiger partial charge in [-0.15, -0.1) is 0 Å². The van der Waals surface area contributed by atoms with Gasteiger partial charge in [-0.2, -0.15) is 15.0 Å². The van der Waals surface area contributed by atoms with E-state index in [1.807, 2.05) is 35.2 Å². The number of carbonyl (C=O) groups excluding carboxylic acids is 14. The molecule has 594 valence electrons. The number of ether oxygens (including phenoxy) is 11. The molecule has 0 aliphatic carbocycles. The second kappa shape index (κ2) is 47.6. The van der Waals surface area contributed by atoms with Crippen LogP contribution < -0.4 is 47.4 Å². The number of anilines is 3. The molecule has 1 aromatic carbocycles. The van der Waals surface area contributed by atoms with Crippen LogP contribution in [0.5, 0.6) is 0 Å². The lowest BCUT2D eigenvalue weighted by Gasteiger charge is -2.44. The van der Waals surface area contributed by atoms with Gasteiger partial charge in [-0.25, -0.2) is 0 Å². The Hall–Kier alpha value is -9.95. The van der Waals surface area contributed by atoms with Gasteiger partial charge in [0, 0.05) is 173 Å². The fourth-order valence-electron chi connectivity index (χ4n) is 11.2. The first-order chi connectivity index (χ1) is 51.1. The average Bonchev–Trinajstić information content (AvgIpc) is 0.780. The van der Waals surface area contributed by atoms with Crippen molar-refractivity contribution in [3.63, 3.8) is 0 Å². The first kappa shape index (κ1) is 87.7. The summed E-state index contributed by atoms with van der Waals surface area (Å²) in [7, 11) is 0. The Balaban J connectivity index is 1.04. The SMILES string of the molecule is CC(=O)NC1C(OCCCCC(=O)NCCCNC(=O)CCNc2nc(NCCC(=O)NCCCNC(=O)CCCCOC3OC(COC(C)=O)C(OC(C)=O)C(OC(C)=O)C3NC(C)=O)nc(N3CCN(C(=O)CCCC(=O)OCc4ccccc4)CC3)n2)OC(COC(C)=O)C(OC(C)=O)C1OC(C)=O. The standard InChI is InChI=1S/C69H103N13O25/c1-42(83)76-59-63(104-48(7)89)61(102-46(5)87)51(40-99-44(3)85)106-65(59)97-37-14-12-21-53(91)70-27-17-29-72-55(93)25-31-74-67-78-68(80-69(79-67)82-35-33-81(34-36-82)57(95)23-16-24-58(96)101-39-50-19-10-9-11-20-50)75-32-26-56(94)73-30-18-28-71-54(92)22-13-15-38-98-66-60(77-43(2)84)64(105-49(8)90)62(103-47(6)88)52(107-66)41-100-45(4)86/h9-11,19-20,51-52,59-66H,12-18,21-41H2,1-8H3,(H,70,91)(H,71,92)(H,72,93)(H,73,94)(H,76,83)(H,77,84)(H2,74,75,78,79,80). The number of hydrogen-bond acceptors (Lipinski definition) is 31. The highest BCUT2D eigenvalue weighted by molar-refractivity contribution is 5.79. The van der Waals surface area contributed by atoms with Crippen molar-refractivity contribution >= 4 is 101 Å². The summed E-state index contributed by atoms with van der Waals surface area (Å²) >= 11 is 0. The van der Waals surface area contributed by atoms with Crippen LogP contribution in [0.2, 0.25) is 0 Å². The maximum Gasteiger partial charge on any atom is 0.306 e. The molecule has 8 N–H and O–H groups in total. The van der Waals surface area contributed by atoms with Gasteiger partial charge in [0.2, 0.25) is 59.2 Å². The van der Waals surface area contributed by atoms with Crippen molar-refractivity contribution in [1.29, 1.82) is 0 Å². The van der Waals surface area contributed by atoms with Crippen LogP contribution in [0.4, 0.5) is 17.8 Å². The van der Waals surface area contributed by atoms with E-state index in [-0.39, 0.29) is 158 Å². The van der Waals surface area contributed by atoms with Gasteiger partial charge in [-0.05, 0) is 50.5 Å². The molecule has 7 amide bonds. The smallest absolute Gasteiger partial charge is 0.306 e. The maximum absolute atomic E-state index is 13.2. The molecule has 2 aromatic rings. The summed E-state index contributed by atoms with van der Waals surface area (Å²) in [6, 6.07) is 7.02. The van der Waals surface area contributed by atoms with Crippen molar-refractivity contribution in [2.45, 2.75) is 207 Å². The lowest BCUT2D eigenvalue weighted by atomic mass is 9.96. The second-order valence-electron chi connectivity index (χ2n) is 25.2. The molecular weight excluding hydrogens is 1410 g/mol. The molecule has 3 aliphatic rings. The predicted molar refractivity (Wildman–Crippen MR) is 374 cm³/mol. The minimum Gasteiger partial charge on any atom is -0.463 e. The Morgan fingerprint density at radius 2 is 0.841 bits per heavy atom. The molecule has 38 nitrogen and oxygen atoms in total. The van der Waals surface area contributed by atoms with Crippen LogP contribution in [-0.2, 0) is 126 Å². The number of nitrogens with zero attached hydrogens (tertiary/aromatic N) is 5. The quantitative estimate of drug-likeness (QED) is 0.0245. The first-order valence-electron chi connectivity index (χ1n) is 35.7. The zero-order valence-corrected chi connectivity index (χ0v) is 61.9. The largest absolute Gasteiger partial charge is 0.463 e. The minimum atomic E-state index is -1.28. The number of piperazine rings is 1. The Kier molecular flexibility index (Phi) is 39.0. The molecule has 10 atom stereocenters. The van der Waals surface area contributed by atoms with E-state index in [4.69, 9.17) is 52.1 Å². The molecular formula is C69H103N13O25. The summed E-state index contributed by atoms with van der Waals surface area (Å²) in [6.45, 7) is 11.4. The predicted octanol–water partition coefficient (Wildman–Crippen LogP) is -0.0311. The van der Waals surface area contributed by atoms with Gasteiger partial charge in [0.1, 0.15) is 44.1 Å². The summed E-state index contributed by atoms with van der Waals surface area (Å²) in [4.78, 5) is 191. The molecule has 1 aromatic heterocycles. The van der Waals surface area contributed by atoms with Crippen LogP contribution in [0.1, 0.15) is 144 Å². The lowest BCUT2D eigenvalue weighted by molar-refractivity contribution is -0.277. The van der Waals surface area contributed by atoms with E-state index in [1.54, 1.807) is 4.90 Å². The van der Waals surface area contributed by atoms with Crippen molar-refractivity contribution in [3.8, 4) is 0 Å². The van der Waals surface area contributed by atoms with E-state index in [0.717, 1.165) is 33.3 Å². The summed E-state index contributed by atoms with van der Waals surface area (Å²) in [6.07, 6.45) is -6.70. The minimum absolute atomic E-state index is 0.0135. The van der Waals surface area contributed by atoms with Crippen molar-refractivity contribution < 1.29 is 119 Å². The van der Waals surface area contributed by atoms with Crippen molar-refractivity contribution in [1.82, 2.24) is 51.8 Å². The van der Waals surface area contributed by atoms with Crippen molar-refractivity contribution in [2.24, 2.45) is 0 Å². The van der Waals surface area contributed by atoms with Crippen LogP contribution in [0.15, 0.2) is 30.3 Å². The molecule has 0 spiro atoms. The number of aromatic nitrogens is 3. The fourth-order valence-corrected chi connectivity index (χ4v) is 11.2. The molecule has 0 radical (unpaired) electrons. The van der Waals surface area contributed by atoms with E-state index in [2.05, 4.69) is 57.5 Å². The van der Waals surface area contributed by atoms with E-state index in [1.165, 1.54) is 27.7 Å². The second-order valence-corrected chi connectivity index (χ2v) is 25.2. The third kappa shape index (κ3) is 34.4. The Bertz CT molecular complexity index is 3110. The number of hydrogen-bond donors (Lipinski definition) is 8. The molecule has 4 heterocycles. The lowest BCUT2D eigenvalue weighted by Crippen LogP contribution is -2.66. The topological polar surface area (TPSA) is 482 Å². The highest BCUT2D eigenvalue weighted by Gasteiger charge is 2.53. The number of benzene rings is 1. The summed E-state index contributed by atoms with van der Waals surface area (Å²) in [5, 5.41) is 22.7. The number of rotatable bonds is 45. The normalized spacial score (nSPS) is 20.3. The van der Waals surface area contributed by atoms with Gasteiger partial charge in [0.05, 0.1) is 0 Å². The summed E-state index contributed by atoms with van der Waals surface area (Å²) in [5.74, 6) is -6.41. The van der Waals surface area contributed by atoms with Gasteiger partial charge >= 0.3 is 41.8 Å². The van der Waals surface area contributed by atoms with Gasteiger partial charge in [-0.1, -0.05) is 30.3 Å². The number of unbranched alkanes of at least 4 members (excludes halogenated alkanes) is 2. The third-order valence-corrected chi connectivity index (χ3v) is 16.1. The van der Waals surface area contributed by atoms with Crippen LogP contribution in [0.3, 0.4) is 0 Å². The van der Waals surface area contributed by atoms with E-state index in [9.17, 15) is 67.1 Å². The van der Waals surface area contributed by atoms with E-state index >= 15 is 0 Å². The molecule has 10 unspecified atom stereocenters. The Labute approximate surface area is 619 Å². The highest BCUT2D eigenvalue weighted by atomic mass is 16.7. The Morgan fingerprint density at radius 1 is 0.430 bits per heavy atom. The van der Waals surface area contributed by atoms with E-state index in [0.29, 0.717) is 71.1 Å². The number of esters is 7. The number of carbonyl (C=O) groups is 14. The maximum atomic E-state index is 13.2.